The van der Waals surface area contributed by atoms with Gasteiger partial charge in [0.05, 0.1) is 31.2 Å². The maximum Gasteiger partial charge on any atom is 0.119 e. The number of hydrogen-bond donors (Lipinski definition) is 0. The molecular formula is C34H54O4. The lowest BCUT2D eigenvalue weighted by Gasteiger charge is -2.28. The van der Waals surface area contributed by atoms with E-state index < -0.39 is 0 Å². The van der Waals surface area contributed by atoms with E-state index >= 15 is 0 Å². The van der Waals surface area contributed by atoms with Crippen molar-refractivity contribution in [2.45, 2.75) is 122 Å². The fourth-order valence-electron chi connectivity index (χ4n) is 5.52. The number of hydrogen-bond acceptors (Lipinski definition) is 4. The summed E-state index contributed by atoms with van der Waals surface area (Å²) in [6.45, 7) is 9.17. The molecule has 38 heavy (non-hydrogen) atoms. The summed E-state index contributed by atoms with van der Waals surface area (Å²) in [6.07, 6.45) is 24.1. The van der Waals surface area contributed by atoms with Crippen molar-refractivity contribution in [1.82, 2.24) is 0 Å². The van der Waals surface area contributed by atoms with E-state index in [0.717, 1.165) is 82.4 Å². The molecule has 0 saturated heterocycles. The highest BCUT2D eigenvalue weighted by Gasteiger charge is 2.21. The number of aryl methyl sites for hydroxylation is 1. The lowest BCUT2D eigenvalue weighted by Crippen LogP contribution is -2.23. The third-order valence-corrected chi connectivity index (χ3v) is 8.00. The first-order valence-electron chi connectivity index (χ1n) is 15.6. The van der Waals surface area contributed by atoms with Crippen LogP contribution in [0.1, 0.15) is 108 Å². The molecule has 4 nitrogen and oxygen atoms in total. The van der Waals surface area contributed by atoms with E-state index in [1.165, 1.54) is 69.8 Å². The van der Waals surface area contributed by atoms with E-state index in [1.54, 1.807) is 0 Å². The zero-order valence-corrected chi connectivity index (χ0v) is 24.2. The standard InChI is InChI=1S/C34H54O4/c1-3-4-5-8-12-30-15-19-32(20-16-30)37-27-11-28-38-34-23-21-33(22-24-34)36-26-10-7-6-9-25-35-31-17-13-29(2)14-18-31/h3,13-14,17-18,21,30,32,34H,1,4-12,15-16,19-20,22-28H2,2H3. The number of rotatable bonds is 20. The molecule has 1 aromatic rings. The maximum absolute atomic E-state index is 6.16. The number of ether oxygens (including phenoxy) is 4. The van der Waals surface area contributed by atoms with Gasteiger partial charge in [-0.25, -0.2) is 0 Å². The van der Waals surface area contributed by atoms with Crippen molar-refractivity contribution >= 4 is 0 Å². The van der Waals surface area contributed by atoms with E-state index in [2.05, 4.69) is 31.7 Å². The van der Waals surface area contributed by atoms with E-state index in [4.69, 9.17) is 18.9 Å². The summed E-state index contributed by atoms with van der Waals surface area (Å²) < 4.78 is 24.1. The van der Waals surface area contributed by atoms with Crippen molar-refractivity contribution in [3.05, 3.63) is 54.3 Å². The first-order chi connectivity index (χ1) is 18.7. The average Bonchev–Trinajstić information content (AvgIpc) is 2.95. The van der Waals surface area contributed by atoms with Crippen LogP contribution in [0.2, 0.25) is 0 Å². The Morgan fingerprint density at radius 3 is 2.13 bits per heavy atom. The fraction of sp³-hybridized carbons (Fsp3) is 0.706. The predicted molar refractivity (Wildman–Crippen MR) is 158 cm³/mol. The Hall–Kier alpha value is -1.78. The molecule has 0 aliphatic heterocycles. The van der Waals surface area contributed by atoms with Crippen molar-refractivity contribution in [3.8, 4) is 5.75 Å². The fourth-order valence-corrected chi connectivity index (χ4v) is 5.52. The van der Waals surface area contributed by atoms with Gasteiger partial charge in [-0.2, -0.15) is 0 Å². The molecule has 1 fully saturated rings. The normalized spacial score (nSPS) is 21.6. The summed E-state index contributed by atoms with van der Waals surface area (Å²) in [6, 6.07) is 8.28. The quantitative estimate of drug-likeness (QED) is 0.125. The summed E-state index contributed by atoms with van der Waals surface area (Å²) >= 11 is 0. The summed E-state index contributed by atoms with van der Waals surface area (Å²) in [7, 11) is 0. The summed E-state index contributed by atoms with van der Waals surface area (Å²) in [4.78, 5) is 0. The molecule has 1 saturated carbocycles. The summed E-state index contributed by atoms with van der Waals surface area (Å²) in [5.41, 5.74) is 1.27. The molecule has 3 rings (SSSR count). The van der Waals surface area contributed by atoms with Gasteiger partial charge in [0.2, 0.25) is 0 Å². The van der Waals surface area contributed by atoms with Gasteiger partial charge in [-0.1, -0.05) is 36.6 Å². The Balaban J connectivity index is 1.09. The molecule has 1 aromatic carbocycles. The Morgan fingerprint density at radius 2 is 1.45 bits per heavy atom. The van der Waals surface area contributed by atoms with Gasteiger partial charge in [-0.3, -0.25) is 0 Å². The molecule has 1 unspecified atom stereocenters. The van der Waals surface area contributed by atoms with Gasteiger partial charge in [0, 0.05) is 19.6 Å². The van der Waals surface area contributed by atoms with Crippen molar-refractivity contribution in [2.24, 2.45) is 5.92 Å². The average molecular weight is 527 g/mol. The molecule has 214 valence electrons. The second kappa shape index (κ2) is 19.3. The van der Waals surface area contributed by atoms with Crippen LogP contribution in [-0.4, -0.2) is 38.6 Å². The zero-order chi connectivity index (χ0) is 26.7. The first kappa shape index (κ1) is 30.8. The van der Waals surface area contributed by atoms with Crippen LogP contribution in [0, 0.1) is 12.8 Å². The lowest BCUT2D eigenvalue weighted by molar-refractivity contribution is -0.00973. The van der Waals surface area contributed by atoms with Crippen LogP contribution in [0.25, 0.3) is 0 Å². The second-order valence-corrected chi connectivity index (χ2v) is 11.3. The highest BCUT2D eigenvalue weighted by molar-refractivity contribution is 5.26. The lowest BCUT2D eigenvalue weighted by atomic mass is 9.84. The number of allylic oxidation sites excluding steroid dienone is 2. The molecule has 1 atom stereocenters. The predicted octanol–water partition coefficient (Wildman–Crippen LogP) is 9.12. The molecule has 0 radical (unpaired) electrons. The van der Waals surface area contributed by atoms with Crippen LogP contribution in [0.3, 0.4) is 0 Å². The molecule has 0 heterocycles. The minimum Gasteiger partial charge on any atom is -0.498 e. The monoisotopic (exact) mass is 526 g/mol. The van der Waals surface area contributed by atoms with Crippen molar-refractivity contribution in [1.29, 1.82) is 0 Å². The first-order valence-corrected chi connectivity index (χ1v) is 15.6. The Morgan fingerprint density at radius 1 is 0.737 bits per heavy atom. The Kier molecular flexibility index (Phi) is 15.6. The summed E-state index contributed by atoms with van der Waals surface area (Å²) in [5, 5.41) is 0. The third-order valence-electron chi connectivity index (χ3n) is 8.00. The van der Waals surface area contributed by atoms with E-state index in [-0.39, 0.29) is 0 Å². The molecule has 2 aliphatic rings. The van der Waals surface area contributed by atoms with Gasteiger partial charge in [0.15, 0.2) is 0 Å². The molecule has 0 N–H and O–H groups in total. The maximum atomic E-state index is 6.16. The zero-order valence-electron chi connectivity index (χ0n) is 24.2. The number of unbranched alkanes of at least 4 members (excludes halogenated alkanes) is 5. The molecule has 0 spiro atoms. The van der Waals surface area contributed by atoms with Gasteiger partial charge in [0.1, 0.15) is 5.75 Å². The Labute approximate surface area is 233 Å². The van der Waals surface area contributed by atoms with Crippen LogP contribution < -0.4 is 4.74 Å². The van der Waals surface area contributed by atoms with Crippen molar-refractivity contribution in [3.63, 3.8) is 0 Å². The minimum absolute atomic E-state index is 0.340. The highest BCUT2D eigenvalue weighted by Crippen LogP contribution is 2.30. The highest BCUT2D eigenvalue weighted by atomic mass is 16.5. The molecular weight excluding hydrogens is 472 g/mol. The SMILES string of the molecule is C=CCCCCC1CCC(OCCCOC2CC=C(OCCCCCCOc3ccc(C)cc3)CC2)CC1. The van der Waals surface area contributed by atoms with Crippen molar-refractivity contribution < 1.29 is 18.9 Å². The second-order valence-electron chi connectivity index (χ2n) is 11.3. The van der Waals surface area contributed by atoms with E-state index in [1.807, 2.05) is 18.2 Å². The molecule has 0 amide bonds. The molecule has 0 bridgehead atoms. The van der Waals surface area contributed by atoms with Gasteiger partial charge in [0.25, 0.3) is 0 Å². The van der Waals surface area contributed by atoms with Gasteiger partial charge >= 0.3 is 0 Å². The molecule has 0 aromatic heterocycles. The van der Waals surface area contributed by atoms with Crippen molar-refractivity contribution in [2.75, 3.05) is 26.4 Å². The van der Waals surface area contributed by atoms with E-state index in [0.29, 0.717) is 12.2 Å². The van der Waals surface area contributed by atoms with E-state index in [9.17, 15) is 0 Å². The van der Waals surface area contributed by atoms with Crippen LogP contribution in [-0.2, 0) is 14.2 Å². The van der Waals surface area contributed by atoms with Gasteiger partial charge in [-0.05, 0) is 115 Å². The number of benzene rings is 1. The summed E-state index contributed by atoms with van der Waals surface area (Å²) in [5.74, 6) is 3.05. The minimum atomic E-state index is 0.340. The third kappa shape index (κ3) is 13.3. The van der Waals surface area contributed by atoms with Crippen LogP contribution in [0.5, 0.6) is 5.75 Å². The largest absolute Gasteiger partial charge is 0.498 e. The topological polar surface area (TPSA) is 36.9 Å². The Bertz CT molecular complexity index is 763. The van der Waals surface area contributed by atoms with Crippen LogP contribution >= 0.6 is 0 Å². The van der Waals surface area contributed by atoms with Crippen LogP contribution in [0.15, 0.2) is 48.8 Å². The molecule has 2 aliphatic carbocycles. The van der Waals surface area contributed by atoms with Gasteiger partial charge in [-0.15, -0.1) is 6.58 Å². The van der Waals surface area contributed by atoms with Crippen LogP contribution in [0.4, 0.5) is 0 Å². The van der Waals surface area contributed by atoms with Gasteiger partial charge < -0.3 is 18.9 Å². The molecule has 4 heteroatoms. The smallest absolute Gasteiger partial charge is 0.119 e.